The van der Waals surface area contributed by atoms with Gasteiger partial charge < -0.3 is 23.9 Å². The van der Waals surface area contributed by atoms with E-state index in [-0.39, 0.29) is 16.8 Å². The van der Waals surface area contributed by atoms with Crippen molar-refractivity contribution in [3.05, 3.63) is 70.1 Å². The van der Waals surface area contributed by atoms with Crippen LogP contribution in [0.25, 0.3) is 11.0 Å². The van der Waals surface area contributed by atoms with Gasteiger partial charge in [-0.2, -0.15) is 0 Å². The molecule has 0 aliphatic rings. The van der Waals surface area contributed by atoms with E-state index in [9.17, 15) is 14.4 Å². The Morgan fingerprint density at radius 3 is 2.57 bits per heavy atom. The van der Waals surface area contributed by atoms with Crippen molar-refractivity contribution in [2.24, 2.45) is 0 Å². The molecule has 0 aliphatic heterocycles. The maximum absolute atomic E-state index is 12.2. The average molecular weight is 411 g/mol. The Hall–Kier alpha value is -3.81. The van der Waals surface area contributed by atoms with Crippen molar-refractivity contribution >= 4 is 22.8 Å². The summed E-state index contributed by atoms with van der Waals surface area (Å²) in [4.78, 5) is 36.5. The quantitative estimate of drug-likeness (QED) is 0.596. The number of esters is 1. The average Bonchev–Trinajstić information content (AvgIpc) is 2.76. The number of hydrogen-bond acceptors (Lipinski definition) is 7. The highest BCUT2D eigenvalue weighted by atomic mass is 16.5. The summed E-state index contributed by atoms with van der Waals surface area (Å²) in [7, 11) is 3.07. The topological polar surface area (TPSA) is 104 Å². The van der Waals surface area contributed by atoms with E-state index >= 15 is 0 Å². The summed E-state index contributed by atoms with van der Waals surface area (Å²) in [6.45, 7) is 1.23. The first-order valence-corrected chi connectivity index (χ1v) is 9.14. The second kappa shape index (κ2) is 9.13. The van der Waals surface area contributed by atoms with Crippen molar-refractivity contribution in [2.75, 3.05) is 20.8 Å². The van der Waals surface area contributed by atoms with Gasteiger partial charge >= 0.3 is 5.97 Å². The predicted octanol–water partition coefficient (Wildman–Crippen LogP) is 2.84. The lowest BCUT2D eigenvalue weighted by Crippen LogP contribution is -2.31. The maximum Gasteiger partial charge on any atom is 0.374 e. The summed E-state index contributed by atoms with van der Waals surface area (Å²) in [5.74, 6) is -0.499. The summed E-state index contributed by atoms with van der Waals surface area (Å²) in [6.07, 6.45) is 0. The van der Waals surface area contributed by atoms with E-state index < -0.39 is 24.5 Å². The Kier molecular flexibility index (Phi) is 6.36. The molecule has 0 unspecified atom stereocenters. The number of carbonyl (C=O) groups is 2. The van der Waals surface area contributed by atoms with E-state index in [1.807, 2.05) is 0 Å². The summed E-state index contributed by atoms with van der Waals surface area (Å²) < 4.78 is 20.9. The van der Waals surface area contributed by atoms with Crippen molar-refractivity contribution in [2.45, 2.75) is 13.0 Å². The third-order valence-electron chi connectivity index (χ3n) is 4.45. The number of methoxy groups -OCH3 is 2. The molecule has 1 amide bonds. The van der Waals surface area contributed by atoms with Crippen LogP contribution in [0.4, 0.5) is 0 Å². The number of ether oxygens (including phenoxy) is 3. The molecule has 0 bridgehead atoms. The number of carbonyl (C=O) groups excluding carboxylic acids is 2. The number of nitrogens with one attached hydrogen (secondary N) is 1. The molecule has 1 aromatic heterocycles. The Morgan fingerprint density at radius 2 is 1.83 bits per heavy atom. The number of hydrogen-bond donors (Lipinski definition) is 1. The lowest BCUT2D eigenvalue weighted by atomic mass is 10.1. The third kappa shape index (κ3) is 4.60. The maximum atomic E-state index is 12.2. The molecule has 1 heterocycles. The van der Waals surface area contributed by atoms with Crippen molar-refractivity contribution in [3.63, 3.8) is 0 Å². The molecule has 8 heteroatoms. The van der Waals surface area contributed by atoms with Gasteiger partial charge in [0.15, 0.2) is 12.0 Å². The van der Waals surface area contributed by atoms with Crippen LogP contribution < -0.4 is 20.2 Å². The largest absolute Gasteiger partial charge is 0.497 e. The van der Waals surface area contributed by atoms with Gasteiger partial charge in [-0.1, -0.05) is 12.1 Å². The Labute approximate surface area is 172 Å². The molecule has 1 N–H and O–H groups in total. The van der Waals surface area contributed by atoms with Gasteiger partial charge in [-0.05, 0) is 37.3 Å². The first-order valence-electron chi connectivity index (χ1n) is 9.14. The molecule has 0 saturated heterocycles. The van der Waals surface area contributed by atoms with Crippen molar-refractivity contribution < 1.29 is 28.2 Å². The van der Waals surface area contributed by atoms with Crippen molar-refractivity contribution in [1.82, 2.24) is 5.32 Å². The molecule has 30 heavy (non-hydrogen) atoms. The highest BCUT2D eigenvalue weighted by Crippen LogP contribution is 2.29. The van der Waals surface area contributed by atoms with E-state index in [0.717, 1.165) is 6.07 Å². The SMILES string of the molecule is COc1ccc(OC)c([C@H](C)NC(=O)COC(=O)c2cc(=O)c3ccccc3o2)c1. The van der Waals surface area contributed by atoms with Crippen LogP contribution in [0.15, 0.2) is 57.7 Å². The van der Waals surface area contributed by atoms with Crippen molar-refractivity contribution in [1.29, 1.82) is 0 Å². The molecule has 0 spiro atoms. The summed E-state index contributed by atoms with van der Waals surface area (Å²) in [6, 6.07) is 12.4. The smallest absolute Gasteiger partial charge is 0.374 e. The zero-order valence-electron chi connectivity index (χ0n) is 16.8. The Balaban J connectivity index is 1.65. The highest BCUT2D eigenvalue weighted by Gasteiger charge is 2.18. The van der Waals surface area contributed by atoms with Crippen LogP contribution in [-0.4, -0.2) is 32.7 Å². The molecule has 156 valence electrons. The number of amides is 1. The van der Waals surface area contributed by atoms with Gasteiger partial charge in [0.05, 0.1) is 25.6 Å². The minimum atomic E-state index is -0.903. The van der Waals surface area contributed by atoms with Crippen LogP contribution in [0.1, 0.15) is 29.1 Å². The molecule has 0 fully saturated rings. The first-order chi connectivity index (χ1) is 14.4. The first kappa shape index (κ1) is 20.9. The molecule has 2 aromatic carbocycles. The van der Waals surface area contributed by atoms with Crippen LogP contribution in [0.5, 0.6) is 11.5 Å². The van der Waals surface area contributed by atoms with Crippen LogP contribution in [0.3, 0.4) is 0 Å². The van der Waals surface area contributed by atoms with E-state index in [1.165, 1.54) is 7.11 Å². The monoisotopic (exact) mass is 411 g/mol. The molecular formula is C22H21NO7. The molecule has 0 radical (unpaired) electrons. The fourth-order valence-corrected chi connectivity index (χ4v) is 2.95. The van der Waals surface area contributed by atoms with Crippen LogP contribution in [-0.2, 0) is 9.53 Å². The number of rotatable bonds is 7. The molecule has 0 saturated carbocycles. The van der Waals surface area contributed by atoms with Crippen LogP contribution >= 0.6 is 0 Å². The van der Waals surface area contributed by atoms with Gasteiger partial charge in [0, 0.05) is 11.6 Å². The van der Waals surface area contributed by atoms with E-state index in [0.29, 0.717) is 22.4 Å². The second-order valence-corrected chi connectivity index (χ2v) is 6.44. The standard InChI is InChI=1S/C22H21NO7/c1-13(16-10-14(27-2)8-9-18(16)28-3)23-21(25)12-29-22(26)20-11-17(24)15-6-4-5-7-19(15)30-20/h4-11,13H,12H2,1-3H3,(H,23,25)/t13-/m0/s1. The van der Waals surface area contributed by atoms with Gasteiger partial charge in [0.25, 0.3) is 5.91 Å². The van der Waals surface area contributed by atoms with Gasteiger partial charge in [-0.15, -0.1) is 0 Å². The zero-order chi connectivity index (χ0) is 21.7. The number of para-hydroxylation sites is 1. The van der Waals surface area contributed by atoms with Crippen LogP contribution in [0, 0.1) is 0 Å². The van der Waals surface area contributed by atoms with Gasteiger partial charge in [0.2, 0.25) is 5.76 Å². The van der Waals surface area contributed by atoms with E-state index in [2.05, 4.69) is 5.32 Å². The molecular weight excluding hydrogens is 390 g/mol. The summed E-state index contributed by atoms with van der Waals surface area (Å²) in [5, 5.41) is 3.08. The number of benzene rings is 2. The Morgan fingerprint density at radius 1 is 1.07 bits per heavy atom. The number of fused-ring (bicyclic) bond motifs is 1. The lowest BCUT2D eigenvalue weighted by Gasteiger charge is -2.18. The predicted molar refractivity (Wildman–Crippen MR) is 109 cm³/mol. The normalized spacial score (nSPS) is 11.6. The molecule has 8 nitrogen and oxygen atoms in total. The summed E-state index contributed by atoms with van der Waals surface area (Å²) in [5.41, 5.74) is 0.601. The second-order valence-electron chi connectivity index (χ2n) is 6.44. The van der Waals surface area contributed by atoms with E-state index in [4.69, 9.17) is 18.6 Å². The third-order valence-corrected chi connectivity index (χ3v) is 4.45. The molecule has 3 rings (SSSR count). The van der Waals surface area contributed by atoms with E-state index in [1.54, 1.807) is 56.5 Å². The van der Waals surface area contributed by atoms with Crippen molar-refractivity contribution in [3.8, 4) is 11.5 Å². The summed E-state index contributed by atoms with van der Waals surface area (Å²) >= 11 is 0. The molecule has 0 aliphatic carbocycles. The van der Waals surface area contributed by atoms with Crippen LogP contribution in [0.2, 0.25) is 0 Å². The molecule has 3 aromatic rings. The fourth-order valence-electron chi connectivity index (χ4n) is 2.95. The zero-order valence-corrected chi connectivity index (χ0v) is 16.8. The van der Waals surface area contributed by atoms with Gasteiger partial charge in [-0.25, -0.2) is 4.79 Å². The van der Waals surface area contributed by atoms with Gasteiger partial charge in [0.1, 0.15) is 17.1 Å². The Bertz CT molecular complexity index is 1140. The van der Waals surface area contributed by atoms with Gasteiger partial charge in [-0.3, -0.25) is 9.59 Å². The minimum Gasteiger partial charge on any atom is -0.497 e. The lowest BCUT2D eigenvalue weighted by molar-refractivity contribution is -0.124. The fraction of sp³-hybridized carbons (Fsp3) is 0.227. The highest BCUT2D eigenvalue weighted by molar-refractivity contribution is 5.90. The minimum absolute atomic E-state index is 0.264. The molecule has 1 atom stereocenters.